The molecule has 118 valence electrons. The second kappa shape index (κ2) is 6.79. The number of carbonyl (C=O) groups is 1. The largest absolute Gasteiger partial charge is 0.469 e. The van der Waals surface area contributed by atoms with Crippen molar-refractivity contribution >= 4 is 15.7 Å². The van der Waals surface area contributed by atoms with E-state index >= 15 is 0 Å². The molecule has 0 bridgehead atoms. The first-order valence-electron chi connectivity index (χ1n) is 6.99. The van der Waals surface area contributed by atoms with Crippen LogP contribution in [0.25, 0.3) is 0 Å². The van der Waals surface area contributed by atoms with Gasteiger partial charge in [-0.05, 0) is 49.7 Å². The zero-order valence-corrected chi connectivity index (χ0v) is 13.4. The van der Waals surface area contributed by atoms with Gasteiger partial charge in [-0.1, -0.05) is 0 Å². The van der Waals surface area contributed by atoms with E-state index in [1.165, 1.54) is 24.3 Å². The SMILES string of the molecule is C[C@H](CCc1ccco1)NC(=O)c1ccc(S(C)(=O)=O)cc1. The van der Waals surface area contributed by atoms with Crippen LogP contribution in [0.4, 0.5) is 0 Å². The van der Waals surface area contributed by atoms with E-state index in [1.807, 2.05) is 19.1 Å². The predicted molar refractivity (Wildman–Crippen MR) is 83.5 cm³/mol. The summed E-state index contributed by atoms with van der Waals surface area (Å²) in [6, 6.07) is 9.65. The average Bonchev–Trinajstić information content (AvgIpc) is 2.97. The Balaban J connectivity index is 1.91. The Labute approximate surface area is 130 Å². The fourth-order valence-corrected chi connectivity index (χ4v) is 2.68. The van der Waals surface area contributed by atoms with Crippen molar-refractivity contribution in [1.29, 1.82) is 0 Å². The molecule has 1 N–H and O–H groups in total. The molecule has 2 aromatic rings. The minimum Gasteiger partial charge on any atom is -0.469 e. The molecule has 0 aliphatic rings. The van der Waals surface area contributed by atoms with Crippen molar-refractivity contribution in [3.05, 3.63) is 54.0 Å². The van der Waals surface area contributed by atoms with Gasteiger partial charge in [0, 0.05) is 24.3 Å². The van der Waals surface area contributed by atoms with Crippen LogP contribution in [-0.4, -0.2) is 26.6 Å². The lowest BCUT2D eigenvalue weighted by atomic mass is 10.1. The second-order valence-corrected chi connectivity index (χ2v) is 7.30. The molecule has 1 aromatic carbocycles. The van der Waals surface area contributed by atoms with E-state index in [1.54, 1.807) is 6.26 Å². The summed E-state index contributed by atoms with van der Waals surface area (Å²) in [6.07, 6.45) is 4.28. The predicted octanol–water partition coefficient (Wildman–Crippen LogP) is 2.43. The van der Waals surface area contributed by atoms with E-state index in [9.17, 15) is 13.2 Å². The van der Waals surface area contributed by atoms with Gasteiger partial charge in [0.05, 0.1) is 11.2 Å². The number of rotatable bonds is 6. The smallest absolute Gasteiger partial charge is 0.251 e. The van der Waals surface area contributed by atoms with E-state index in [2.05, 4.69) is 5.32 Å². The van der Waals surface area contributed by atoms with Gasteiger partial charge in [0.25, 0.3) is 5.91 Å². The van der Waals surface area contributed by atoms with Crippen LogP contribution >= 0.6 is 0 Å². The van der Waals surface area contributed by atoms with Gasteiger partial charge in [0.1, 0.15) is 5.76 Å². The summed E-state index contributed by atoms with van der Waals surface area (Å²) in [7, 11) is -3.24. The number of amides is 1. The molecule has 1 heterocycles. The van der Waals surface area contributed by atoms with Crippen LogP contribution in [0, 0.1) is 0 Å². The van der Waals surface area contributed by atoms with Crippen LogP contribution in [0.3, 0.4) is 0 Å². The number of furan rings is 1. The Hall–Kier alpha value is -2.08. The van der Waals surface area contributed by atoms with Gasteiger partial charge in [-0.15, -0.1) is 0 Å². The second-order valence-electron chi connectivity index (χ2n) is 5.29. The Bertz CT molecular complexity index is 718. The van der Waals surface area contributed by atoms with Crippen molar-refractivity contribution in [1.82, 2.24) is 5.32 Å². The van der Waals surface area contributed by atoms with Gasteiger partial charge >= 0.3 is 0 Å². The monoisotopic (exact) mass is 321 g/mol. The zero-order valence-electron chi connectivity index (χ0n) is 12.6. The molecule has 0 fully saturated rings. The third-order valence-electron chi connectivity index (χ3n) is 3.33. The summed E-state index contributed by atoms with van der Waals surface area (Å²) >= 11 is 0. The number of aryl methyl sites for hydroxylation is 1. The van der Waals surface area contributed by atoms with E-state index in [0.29, 0.717) is 5.56 Å². The summed E-state index contributed by atoms with van der Waals surface area (Å²) in [5, 5.41) is 2.89. The maximum Gasteiger partial charge on any atom is 0.251 e. The molecule has 0 spiro atoms. The summed E-state index contributed by atoms with van der Waals surface area (Å²) in [6.45, 7) is 1.92. The fourth-order valence-electron chi connectivity index (χ4n) is 2.05. The van der Waals surface area contributed by atoms with Crippen LogP contribution in [0.1, 0.15) is 29.5 Å². The lowest BCUT2D eigenvalue weighted by molar-refractivity contribution is 0.0938. The molecular weight excluding hydrogens is 302 g/mol. The molecule has 1 amide bonds. The summed E-state index contributed by atoms with van der Waals surface area (Å²) in [5.74, 6) is 0.672. The van der Waals surface area contributed by atoms with Crippen molar-refractivity contribution in [3.63, 3.8) is 0 Å². The highest BCUT2D eigenvalue weighted by molar-refractivity contribution is 7.90. The van der Waals surface area contributed by atoms with Crippen molar-refractivity contribution in [2.45, 2.75) is 30.7 Å². The van der Waals surface area contributed by atoms with Crippen molar-refractivity contribution in [3.8, 4) is 0 Å². The molecule has 1 aromatic heterocycles. The van der Waals surface area contributed by atoms with Gasteiger partial charge in [0.2, 0.25) is 0 Å². The van der Waals surface area contributed by atoms with Crippen LogP contribution in [0.5, 0.6) is 0 Å². The Morgan fingerprint density at radius 1 is 1.23 bits per heavy atom. The highest BCUT2D eigenvalue weighted by Gasteiger charge is 2.12. The van der Waals surface area contributed by atoms with Crippen molar-refractivity contribution < 1.29 is 17.6 Å². The topological polar surface area (TPSA) is 76.4 Å². The molecule has 1 atom stereocenters. The van der Waals surface area contributed by atoms with E-state index < -0.39 is 9.84 Å². The first kappa shape index (κ1) is 16.3. The quantitative estimate of drug-likeness (QED) is 0.886. The average molecular weight is 321 g/mol. The summed E-state index contributed by atoms with van der Waals surface area (Å²) in [5.41, 5.74) is 0.442. The molecule has 0 unspecified atom stereocenters. The Morgan fingerprint density at radius 3 is 2.45 bits per heavy atom. The third kappa shape index (κ3) is 4.46. The number of benzene rings is 1. The molecule has 22 heavy (non-hydrogen) atoms. The van der Waals surface area contributed by atoms with Crippen LogP contribution in [-0.2, 0) is 16.3 Å². The minimum absolute atomic E-state index is 0.00724. The molecule has 6 heteroatoms. The molecular formula is C16H19NO4S. The molecule has 0 aliphatic heterocycles. The van der Waals surface area contributed by atoms with Crippen LogP contribution < -0.4 is 5.32 Å². The molecule has 5 nitrogen and oxygen atoms in total. The molecule has 0 aliphatic carbocycles. The Kier molecular flexibility index (Phi) is 5.03. The fraction of sp³-hybridized carbons (Fsp3) is 0.312. The molecule has 0 saturated carbocycles. The summed E-state index contributed by atoms with van der Waals surface area (Å²) < 4.78 is 28.0. The molecule has 0 saturated heterocycles. The normalized spacial score (nSPS) is 12.8. The number of nitrogens with one attached hydrogen (secondary N) is 1. The van der Waals surface area contributed by atoms with Gasteiger partial charge in [-0.3, -0.25) is 4.79 Å². The van der Waals surface area contributed by atoms with Gasteiger partial charge in [0.15, 0.2) is 9.84 Å². The first-order valence-corrected chi connectivity index (χ1v) is 8.89. The van der Waals surface area contributed by atoms with E-state index in [-0.39, 0.29) is 16.8 Å². The minimum atomic E-state index is -3.24. The number of sulfone groups is 1. The zero-order chi connectivity index (χ0) is 16.2. The Morgan fingerprint density at radius 2 is 1.91 bits per heavy atom. The molecule has 2 rings (SSSR count). The first-order chi connectivity index (χ1) is 10.4. The van der Waals surface area contributed by atoms with Crippen LogP contribution in [0.15, 0.2) is 52.0 Å². The van der Waals surface area contributed by atoms with Gasteiger partial charge in [-0.2, -0.15) is 0 Å². The summed E-state index contributed by atoms with van der Waals surface area (Å²) in [4.78, 5) is 12.3. The highest BCUT2D eigenvalue weighted by Crippen LogP contribution is 2.11. The van der Waals surface area contributed by atoms with Gasteiger partial charge < -0.3 is 9.73 Å². The van der Waals surface area contributed by atoms with Crippen molar-refractivity contribution in [2.24, 2.45) is 0 Å². The number of carbonyl (C=O) groups excluding carboxylic acids is 1. The molecule has 0 radical (unpaired) electrons. The third-order valence-corrected chi connectivity index (χ3v) is 4.45. The maximum atomic E-state index is 12.1. The number of hydrogen-bond donors (Lipinski definition) is 1. The van der Waals surface area contributed by atoms with Crippen molar-refractivity contribution in [2.75, 3.05) is 6.26 Å². The van der Waals surface area contributed by atoms with E-state index in [0.717, 1.165) is 24.9 Å². The lowest BCUT2D eigenvalue weighted by Crippen LogP contribution is -2.32. The lowest BCUT2D eigenvalue weighted by Gasteiger charge is -2.13. The van der Waals surface area contributed by atoms with Crippen LogP contribution in [0.2, 0.25) is 0 Å². The standard InChI is InChI=1S/C16H19NO4S/c1-12(5-8-14-4-3-11-21-14)17-16(18)13-6-9-15(10-7-13)22(2,19)20/h3-4,6-7,9-12H,5,8H2,1-2H3,(H,17,18)/t12-/m1/s1. The van der Waals surface area contributed by atoms with E-state index in [4.69, 9.17) is 4.42 Å². The highest BCUT2D eigenvalue weighted by atomic mass is 32.2. The maximum absolute atomic E-state index is 12.1. The number of hydrogen-bond acceptors (Lipinski definition) is 4. The van der Waals surface area contributed by atoms with Gasteiger partial charge in [-0.25, -0.2) is 8.42 Å².